The largest absolute Gasteiger partial charge is 0.493 e. The molecule has 0 aromatic heterocycles. The van der Waals surface area contributed by atoms with E-state index in [1.54, 1.807) is 31.4 Å². The second-order valence-electron chi connectivity index (χ2n) is 5.06. The molecule has 0 spiro atoms. The van der Waals surface area contributed by atoms with Crippen molar-refractivity contribution in [2.75, 3.05) is 13.7 Å². The van der Waals surface area contributed by atoms with E-state index in [2.05, 4.69) is 11.9 Å². The molecule has 1 aliphatic carbocycles. The smallest absolute Gasteiger partial charge is 0.251 e. The maximum atomic E-state index is 12.2. The first-order valence-corrected chi connectivity index (χ1v) is 6.88. The van der Waals surface area contributed by atoms with E-state index in [4.69, 9.17) is 9.47 Å². The molecule has 1 fully saturated rings. The number of hydrogen-bond donors (Lipinski definition) is 1. The van der Waals surface area contributed by atoms with Crippen LogP contribution in [0.4, 0.5) is 0 Å². The Kier molecular flexibility index (Phi) is 4.66. The summed E-state index contributed by atoms with van der Waals surface area (Å²) < 4.78 is 10.7. The lowest BCUT2D eigenvalue weighted by atomic mass is 10.1. The molecular weight excluding hydrogens is 254 g/mol. The van der Waals surface area contributed by atoms with Crippen LogP contribution in [-0.2, 0) is 0 Å². The molecule has 108 valence electrons. The number of carbonyl (C=O) groups is 1. The van der Waals surface area contributed by atoms with E-state index in [0.29, 0.717) is 29.6 Å². The predicted molar refractivity (Wildman–Crippen MR) is 78.3 cm³/mol. The van der Waals surface area contributed by atoms with Gasteiger partial charge in [-0.15, -0.1) is 0 Å². The number of ether oxygens (including phenoxy) is 2. The summed E-state index contributed by atoms with van der Waals surface area (Å²) in [6.07, 6.45) is 4.08. The van der Waals surface area contributed by atoms with Crippen molar-refractivity contribution in [3.8, 4) is 11.5 Å². The second kappa shape index (κ2) is 6.46. The lowest BCUT2D eigenvalue weighted by molar-refractivity contribution is 0.0935. The van der Waals surface area contributed by atoms with Gasteiger partial charge in [0, 0.05) is 11.6 Å². The highest BCUT2D eigenvalue weighted by molar-refractivity contribution is 5.95. The molecule has 2 rings (SSSR count). The quantitative estimate of drug-likeness (QED) is 0.778. The number of carbonyl (C=O) groups excluding carboxylic acids is 1. The lowest BCUT2D eigenvalue weighted by Crippen LogP contribution is -2.33. The fourth-order valence-electron chi connectivity index (χ4n) is 2.08. The van der Waals surface area contributed by atoms with Crippen LogP contribution in [0, 0.1) is 5.92 Å². The molecule has 0 bridgehead atoms. The van der Waals surface area contributed by atoms with E-state index < -0.39 is 0 Å². The number of benzene rings is 1. The minimum absolute atomic E-state index is 0.0713. The highest BCUT2D eigenvalue weighted by Crippen LogP contribution is 2.33. The highest BCUT2D eigenvalue weighted by Gasteiger charge is 2.29. The van der Waals surface area contributed by atoms with Gasteiger partial charge < -0.3 is 14.8 Å². The van der Waals surface area contributed by atoms with Crippen molar-refractivity contribution in [3.63, 3.8) is 0 Å². The van der Waals surface area contributed by atoms with Gasteiger partial charge in [-0.05, 0) is 43.9 Å². The third kappa shape index (κ3) is 3.53. The Balaban J connectivity index is 2.07. The van der Waals surface area contributed by atoms with Gasteiger partial charge in [-0.25, -0.2) is 0 Å². The molecule has 0 heterocycles. The predicted octanol–water partition coefficient (Wildman–Crippen LogP) is 2.79. The minimum atomic E-state index is -0.0713. The van der Waals surface area contributed by atoms with Gasteiger partial charge in [0.05, 0.1) is 7.11 Å². The molecule has 1 aromatic carbocycles. The number of amides is 1. The summed E-state index contributed by atoms with van der Waals surface area (Å²) in [5, 5.41) is 3.02. The van der Waals surface area contributed by atoms with E-state index in [1.807, 2.05) is 6.92 Å². The van der Waals surface area contributed by atoms with Crippen LogP contribution in [-0.4, -0.2) is 25.7 Å². The average molecular weight is 275 g/mol. The Bertz CT molecular complexity index is 494. The Labute approximate surface area is 119 Å². The van der Waals surface area contributed by atoms with E-state index >= 15 is 0 Å². The minimum Gasteiger partial charge on any atom is -0.493 e. The molecule has 0 radical (unpaired) electrons. The molecule has 1 aromatic rings. The van der Waals surface area contributed by atoms with Crippen molar-refractivity contribution < 1.29 is 14.3 Å². The monoisotopic (exact) mass is 275 g/mol. The zero-order chi connectivity index (χ0) is 14.5. The summed E-state index contributed by atoms with van der Waals surface area (Å²) in [6.45, 7) is 6.06. The fourth-order valence-corrected chi connectivity index (χ4v) is 2.08. The van der Waals surface area contributed by atoms with Gasteiger partial charge in [0.15, 0.2) is 11.5 Å². The number of hydrogen-bond acceptors (Lipinski definition) is 3. The SMILES string of the molecule is C=CCOc1ccc(C(=O)NC(C)C2CC2)cc1OC. The van der Waals surface area contributed by atoms with Gasteiger partial charge >= 0.3 is 0 Å². The number of methoxy groups -OCH3 is 1. The van der Waals surface area contributed by atoms with Crippen molar-refractivity contribution >= 4 is 5.91 Å². The van der Waals surface area contributed by atoms with Crippen LogP contribution in [0.25, 0.3) is 0 Å². The number of rotatable bonds is 7. The van der Waals surface area contributed by atoms with Crippen molar-refractivity contribution in [3.05, 3.63) is 36.4 Å². The van der Waals surface area contributed by atoms with Gasteiger partial charge in [-0.2, -0.15) is 0 Å². The first-order chi connectivity index (χ1) is 9.65. The van der Waals surface area contributed by atoms with E-state index in [9.17, 15) is 4.79 Å². The molecule has 1 N–H and O–H groups in total. The summed E-state index contributed by atoms with van der Waals surface area (Å²) in [7, 11) is 1.56. The average Bonchev–Trinajstić information content (AvgIpc) is 3.29. The molecular formula is C16H21NO3. The van der Waals surface area contributed by atoms with Crippen LogP contribution < -0.4 is 14.8 Å². The summed E-state index contributed by atoms with van der Waals surface area (Å²) in [5.74, 6) is 1.73. The summed E-state index contributed by atoms with van der Waals surface area (Å²) in [6, 6.07) is 5.42. The summed E-state index contributed by atoms with van der Waals surface area (Å²) in [4.78, 5) is 12.2. The molecule has 1 aliphatic rings. The van der Waals surface area contributed by atoms with Crippen LogP contribution in [0.3, 0.4) is 0 Å². The summed E-state index contributed by atoms with van der Waals surface area (Å²) in [5.41, 5.74) is 0.584. The Morgan fingerprint density at radius 2 is 2.25 bits per heavy atom. The Morgan fingerprint density at radius 1 is 1.50 bits per heavy atom. The van der Waals surface area contributed by atoms with Gasteiger partial charge in [0.1, 0.15) is 6.61 Å². The molecule has 0 aliphatic heterocycles. The highest BCUT2D eigenvalue weighted by atomic mass is 16.5. The molecule has 1 saturated carbocycles. The first-order valence-electron chi connectivity index (χ1n) is 6.88. The van der Waals surface area contributed by atoms with Crippen LogP contribution in [0.5, 0.6) is 11.5 Å². The maximum absolute atomic E-state index is 12.2. The zero-order valence-corrected chi connectivity index (χ0v) is 12.0. The first kappa shape index (κ1) is 14.4. The van der Waals surface area contributed by atoms with Crippen molar-refractivity contribution in [2.45, 2.75) is 25.8 Å². The van der Waals surface area contributed by atoms with Crippen molar-refractivity contribution in [1.82, 2.24) is 5.32 Å². The summed E-state index contributed by atoms with van der Waals surface area (Å²) >= 11 is 0. The molecule has 1 atom stereocenters. The Morgan fingerprint density at radius 3 is 2.85 bits per heavy atom. The van der Waals surface area contributed by atoms with Crippen LogP contribution >= 0.6 is 0 Å². The Hall–Kier alpha value is -1.97. The van der Waals surface area contributed by atoms with Gasteiger partial charge in [-0.3, -0.25) is 4.79 Å². The van der Waals surface area contributed by atoms with Crippen LogP contribution in [0.1, 0.15) is 30.1 Å². The second-order valence-corrected chi connectivity index (χ2v) is 5.06. The van der Waals surface area contributed by atoms with E-state index in [-0.39, 0.29) is 11.9 Å². The third-order valence-electron chi connectivity index (χ3n) is 3.47. The normalized spacial score (nSPS) is 15.3. The van der Waals surface area contributed by atoms with Gasteiger partial charge in [0.25, 0.3) is 5.91 Å². The van der Waals surface area contributed by atoms with Crippen LogP contribution in [0.15, 0.2) is 30.9 Å². The van der Waals surface area contributed by atoms with Crippen molar-refractivity contribution in [1.29, 1.82) is 0 Å². The van der Waals surface area contributed by atoms with Gasteiger partial charge in [0.2, 0.25) is 0 Å². The molecule has 4 heteroatoms. The number of nitrogens with one attached hydrogen (secondary N) is 1. The topological polar surface area (TPSA) is 47.6 Å². The van der Waals surface area contributed by atoms with Gasteiger partial charge in [-0.1, -0.05) is 12.7 Å². The fraction of sp³-hybridized carbons (Fsp3) is 0.438. The molecule has 1 unspecified atom stereocenters. The van der Waals surface area contributed by atoms with Crippen molar-refractivity contribution in [2.24, 2.45) is 5.92 Å². The molecule has 20 heavy (non-hydrogen) atoms. The van der Waals surface area contributed by atoms with E-state index in [1.165, 1.54) is 12.8 Å². The molecule has 4 nitrogen and oxygen atoms in total. The van der Waals surface area contributed by atoms with Crippen LogP contribution in [0.2, 0.25) is 0 Å². The zero-order valence-electron chi connectivity index (χ0n) is 12.0. The van der Waals surface area contributed by atoms with E-state index in [0.717, 1.165) is 0 Å². The third-order valence-corrected chi connectivity index (χ3v) is 3.47. The maximum Gasteiger partial charge on any atom is 0.251 e. The standard InChI is InChI=1S/C16H21NO3/c1-4-9-20-14-8-7-13(10-15(14)19-3)16(18)17-11(2)12-5-6-12/h4,7-8,10-12H,1,5-6,9H2,2-3H3,(H,17,18). The molecule has 1 amide bonds. The molecule has 0 saturated heterocycles. The lowest BCUT2D eigenvalue weighted by Gasteiger charge is -2.14.